The van der Waals surface area contributed by atoms with E-state index in [-0.39, 0.29) is 5.91 Å². The first-order valence-electron chi connectivity index (χ1n) is 8.83. The van der Waals surface area contributed by atoms with Crippen molar-refractivity contribution in [3.8, 4) is 5.69 Å². The van der Waals surface area contributed by atoms with Crippen LogP contribution in [-0.4, -0.2) is 52.8 Å². The van der Waals surface area contributed by atoms with Crippen LogP contribution in [0.1, 0.15) is 15.9 Å². The quantitative estimate of drug-likeness (QED) is 0.641. The molecule has 3 aromatic rings. The van der Waals surface area contributed by atoms with Gasteiger partial charge in [0.25, 0.3) is 5.91 Å². The summed E-state index contributed by atoms with van der Waals surface area (Å²) in [6, 6.07) is 15.5. The lowest BCUT2D eigenvalue weighted by Crippen LogP contribution is -2.31. The molecular formula is C20H24N6O. The summed E-state index contributed by atoms with van der Waals surface area (Å²) in [5.41, 5.74) is 3.70. The second-order valence-electron chi connectivity index (χ2n) is 6.46. The predicted octanol–water partition coefficient (Wildman–Crippen LogP) is 2.17. The summed E-state index contributed by atoms with van der Waals surface area (Å²) < 4.78 is 1.75. The van der Waals surface area contributed by atoms with Crippen molar-refractivity contribution in [1.29, 1.82) is 0 Å². The summed E-state index contributed by atoms with van der Waals surface area (Å²) in [7, 11) is 3.96. The predicted molar refractivity (Wildman–Crippen MR) is 106 cm³/mol. The van der Waals surface area contributed by atoms with E-state index in [0.717, 1.165) is 23.5 Å². The van der Waals surface area contributed by atoms with E-state index in [1.165, 1.54) is 6.33 Å². The monoisotopic (exact) mass is 364 g/mol. The summed E-state index contributed by atoms with van der Waals surface area (Å²) in [5.74, 6) is -0.0556. The van der Waals surface area contributed by atoms with Gasteiger partial charge in [-0.15, -0.1) is 0 Å². The van der Waals surface area contributed by atoms with Crippen molar-refractivity contribution in [3.63, 3.8) is 0 Å². The van der Waals surface area contributed by atoms with Crippen LogP contribution in [0, 0.1) is 0 Å². The van der Waals surface area contributed by atoms with Gasteiger partial charge in [0.2, 0.25) is 0 Å². The Balaban J connectivity index is 1.59. The van der Waals surface area contributed by atoms with Gasteiger partial charge in [-0.05, 0) is 50.0 Å². The fraction of sp³-hybridized carbons (Fsp3) is 0.250. The highest BCUT2D eigenvalue weighted by Gasteiger charge is 2.07. The maximum Gasteiger partial charge on any atom is 0.251 e. The van der Waals surface area contributed by atoms with Crippen LogP contribution in [0.3, 0.4) is 0 Å². The van der Waals surface area contributed by atoms with Crippen LogP contribution in [0.25, 0.3) is 5.69 Å². The molecule has 1 aromatic heterocycles. The first kappa shape index (κ1) is 18.6. The molecule has 0 saturated heterocycles. The van der Waals surface area contributed by atoms with Crippen LogP contribution in [0.4, 0.5) is 5.69 Å². The van der Waals surface area contributed by atoms with Crippen molar-refractivity contribution in [2.45, 2.75) is 6.54 Å². The van der Waals surface area contributed by atoms with E-state index in [1.807, 2.05) is 61.5 Å². The molecule has 0 radical (unpaired) electrons. The smallest absolute Gasteiger partial charge is 0.251 e. The largest absolute Gasteiger partial charge is 0.381 e. The zero-order valence-corrected chi connectivity index (χ0v) is 15.6. The van der Waals surface area contributed by atoms with Crippen molar-refractivity contribution < 1.29 is 4.79 Å². The molecule has 0 saturated carbocycles. The number of nitrogens with zero attached hydrogens (tertiary/aromatic N) is 4. The van der Waals surface area contributed by atoms with Gasteiger partial charge in [-0.1, -0.05) is 18.2 Å². The Morgan fingerprint density at radius 1 is 1.11 bits per heavy atom. The first-order chi connectivity index (χ1) is 13.1. The molecule has 0 aliphatic rings. The van der Waals surface area contributed by atoms with Gasteiger partial charge in [-0.3, -0.25) is 4.79 Å². The Bertz CT molecular complexity index is 858. The number of para-hydroxylation sites is 1. The Morgan fingerprint density at radius 3 is 2.59 bits per heavy atom. The SMILES string of the molecule is CN(C)CCNC(=O)c1ccc(NCc2ccccc2-n2cncn2)cc1. The molecule has 0 aliphatic carbocycles. The molecular weight excluding hydrogens is 340 g/mol. The molecule has 7 heteroatoms. The normalized spacial score (nSPS) is 10.8. The zero-order chi connectivity index (χ0) is 19.1. The number of rotatable bonds is 8. The van der Waals surface area contributed by atoms with Gasteiger partial charge < -0.3 is 15.5 Å². The third-order valence-corrected chi connectivity index (χ3v) is 4.13. The minimum atomic E-state index is -0.0556. The summed E-state index contributed by atoms with van der Waals surface area (Å²) >= 11 is 0. The molecule has 1 amide bonds. The maximum atomic E-state index is 12.1. The van der Waals surface area contributed by atoms with Gasteiger partial charge in [-0.25, -0.2) is 9.67 Å². The zero-order valence-electron chi connectivity index (χ0n) is 15.6. The number of hydrogen-bond acceptors (Lipinski definition) is 5. The van der Waals surface area contributed by atoms with E-state index in [1.54, 1.807) is 11.0 Å². The molecule has 0 unspecified atom stereocenters. The average molecular weight is 364 g/mol. The second kappa shape index (κ2) is 8.95. The number of anilines is 1. The van der Waals surface area contributed by atoms with Crippen LogP contribution in [0.5, 0.6) is 0 Å². The molecule has 0 aliphatic heterocycles. The first-order valence-corrected chi connectivity index (χ1v) is 8.83. The van der Waals surface area contributed by atoms with Crippen molar-refractivity contribution >= 4 is 11.6 Å². The number of carbonyl (C=O) groups excluding carboxylic acids is 1. The van der Waals surface area contributed by atoms with Gasteiger partial charge in [0.05, 0.1) is 5.69 Å². The molecule has 3 rings (SSSR count). The molecule has 0 fully saturated rings. The number of hydrogen-bond donors (Lipinski definition) is 2. The van der Waals surface area contributed by atoms with Gasteiger partial charge in [-0.2, -0.15) is 5.10 Å². The Labute approximate surface area is 159 Å². The van der Waals surface area contributed by atoms with Crippen molar-refractivity contribution in [2.75, 3.05) is 32.5 Å². The fourth-order valence-corrected chi connectivity index (χ4v) is 2.65. The lowest BCUT2D eigenvalue weighted by molar-refractivity contribution is 0.0951. The van der Waals surface area contributed by atoms with Crippen molar-refractivity contribution in [3.05, 3.63) is 72.3 Å². The van der Waals surface area contributed by atoms with Crippen LogP contribution >= 0.6 is 0 Å². The Kier molecular flexibility index (Phi) is 6.17. The van der Waals surface area contributed by atoms with Crippen LogP contribution in [0.2, 0.25) is 0 Å². The average Bonchev–Trinajstić information content (AvgIpc) is 3.21. The Hall–Kier alpha value is -3.19. The number of benzene rings is 2. The number of nitrogens with one attached hydrogen (secondary N) is 2. The van der Waals surface area contributed by atoms with Crippen molar-refractivity contribution in [1.82, 2.24) is 25.0 Å². The highest BCUT2D eigenvalue weighted by molar-refractivity contribution is 5.94. The van der Waals surface area contributed by atoms with E-state index in [9.17, 15) is 4.79 Å². The molecule has 2 aromatic carbocycles. The van der Waals surface area contributed by atoms with Crippen molar-refractivity contribution in [2.24, 2.45) is 0 Å². The van der Waals surface area contributed by atoms with Gasteiger partial charge in [0.15, 0.2) is 0 Å². The molecule has 27 heavy (non-hydrogen) atoms. The molecule has 7 nitrogen and oxygen atoms in total. The van der Waals surface area contributed by atoms with E-state index >= 15 is 0 Å². The van der Waals surface area contributed by atoms with E-state index < -0.39 is 0 Å². The standard InChI is InChI=1S/C20H24N6O/c1-25(2)12-11-22-20(27)16-7-9-18(10-8-16)23-13-17-5-3-4-6-19(17)26-15-21-14-24-26/h3-10,14-15,23H,11-13H2,1-2H3,(H,22,27). The molecule has 2 N–H and O–H groups in total. The third kappa shape index (κ3) is 5.15. The minimum absolute atomic E-state index is 0.0556. The van der Waals surface area contributed by atoms with E-state index in [0.29, 0.717) is 18.7 Å². The molecule has 0 spiro atoms. The van der Waals surface area contributed by atoms with Gasteiger partial charge in [0.1, 0.15) is 12.7 Å². The number of carbonyl (C=O) groups is 1. The van der Waals surface area contributed by atoms with Crippen LogP contribution in [0.15, 0.2) is 61.2 Å². The number of aromatic nitrogens is 3. The van der Waals surface area contributed by atoms with Gasteiger partial charge in [0, 0.05) is 30.9 Å². The summed E-state index contributed by atoms with van der Waals surface area (Å²) in [5, 5.41) is 10.5. The highest BCUT2D eigenvalue weighted by Crippen LogP contribution is 2.16. The third-order valence-electron chi connectivity index (χ3n) is 4.13. The summed E-state index contributed by atoms with van der Waals surface area (Å²) in [6.45, 7) is 2.09. The molecule has 0 bridgehead atoms. The van der Waals surface area contributed by atoms with E-state index in [4.69, 9.17) is 0 Å². The maximum absolute atomic E-state index is 12.1. The summed E-state index contributed by atoms with van der Waals surface area (Å²) in [6.07, 6.45) is 3.20. The van der Waals surface area contributed by atoms with Crippen LogP contribution < -0.4 is 10.6 Å². The fourth-order valence-electron chi connectivity index (χ4n) is 2.65. The number of amides is 1. The highest BCUT2D eigenvalue weighted by atomic mass is 16.1. The topological polar surface area (TPSA) is 75.1 Å². The number of likely N-dealkylation sites (N-methyl/N-ethyl adjacent to an activating group) is 1. The van der Waals surface area contributed by atoms with E-state index in [2.05, 4.69) is 26.8 Å². The molecule has 0 atom stereocenters. The lowest BCUT2D eigenvalue weighted by atomic mass is 10.1. The summed E-state index contributed by atoms with van der Waals surface area (Å²) in [4.78, 5) is 18.2. The molecule has 1 heterocycles. The second-order valence-corrected chi connectivity index (χ2v) is 6.46. The Morgan fingerprint density at radius 2 is 1.89 bits per heavy atom. The van der Waals surface area contributed by atoms with Crippen LogP contribution in [-0.2, 0) is 6.54 Å². The minimum Gasteiger partial charge on any atom is -0.381 e. The lowest BCUT2D eigenvalue weighted by Gasteiger charge is -2.12. The van der Waals surface area contributed by atoms with Gasteiger partial charge >= 0.3 is 0 Å². The molecule has 140 valence electrons.